The van der Waals surface area contributed by atoms with Gasteiger partial charge in [0, 0.05) is 12.3 Å². The highest BCUT2D eigenvalue weighted by Crippen LogP contribution is 2.37. The molecule has 1 heteroatoms. The van der Waals surface area contributed by atoms with Gasteiger partial charge in [-0.15, -0.1) is 0 Å². The molecule has 0 spiro atoms. The number of carbonyl (C=O) groups excluding carboxylic acids is 1. The maximum Gasteiger partial charge on any atom is 0.158 e. The van der Waals surface area contributed by atoms with Gasteiger partial charge in [0.05, 0.1) is 0 Å². The van der Waals surface area contributed by atoms with Crippen molar-refractivity contribution < 1.29 is 4.79 Å². The summed E-state index contributed by atoms with van der Waals surface area (Å²) in [6.07, 6.45) is 1.60. The van der Waals surface area contributed by atoms with E-state index in [1.807, 2.05) is 0 Å². The Morgan fingerprint density at radius 2 is 2.07 bits per heavy atom. The van der Waals surface area contributed by atoms with Crippen molar-refractivity contribution in [2.75, 3.05) is 0 Å². The van der Waals surface area contributed by atoms with E-state index in [9.17, 15) is 4.79 Å². The second-order valence-electron chi connectivity index (χ2n) is 4.40. The summed E-state index contributed by atoms with van der Waals surface area (Å²) >= 11 is 0. The van der Waals surface area contributed by atoms with Crippen molar-refractivity contribution in [1.82, 2.24) is 0 Å². The van der Waals surface area contributed by atoms with Crippen LogP contribution in [0.5, 0.6) is 0 Å². The first-order valence-corrected chi connectivity index (χ1v) is 5.38. The van der Waals surface area contributed by atoms with Gasteiger partial charge in [-0.2, -0.15) is 0 Å². The smallest absolute Gasteiger partial charge is 0.158 e. The van der Waals surface area contributed by atoms with Crippen molar-refractivity contribution in [3.05, 3.63) is 47.0 Å². The van der Waals surface area contributed by atoms with Crippen LogP contribution in [0.3, 0.4) is 0 Å². The summed E-state index contributed by atoms with van der Waals surface area (Å²) in [5.74, 6) is 0.498. The maximum absolute atomic E-state index is 11.5. The average molecular weight is 200 g/mol. The second kappa shape index (κ2) is 3.65. The molecule has 1 fully saturated rings. The van der Waals surface area contributed by atoms with Crippen LogP contribution in [0.4, 0.5) is 0 Å². The molecule has 1 aromatic rings. The van der Waals surface area contributed by atoms with Crippen LogP contribution >= 0.6 is 0 Å². The summed E-state index contributed by atoms with van der Waals surface area (Å²) < 4.78 is 0. The molecule has 0 bridgehead atoms. The third-order valence-corrected chi connectivity index (χ3v) is 3.25. The van der Waals surface area contributed by atoms with E-state index in [1.54, 1.807) is 0 Å². The molecule has 0 saturated heterocycles. The van der Waals surface area contributed by atoms with Gasteiger partial charge in [-0.1, -0.05) is 30.3 Å². The number of benzene rings is 1. The summed E-state index contributed by atoms with van der Waals surface area (Å²) in [7, 11) is 0. The van der Waals surface area contributed by atoms with Crippen LogP contribution in [0.15, 0.2) is 30.4 Å². The molecule has 0 amide bonds. The Morgan fingerprint density at radius 3 is 2.67 bits per heavy atom. The van der Waals surface area contributed by atoms with Crippen molar-refractivity contribution in [2.45, 2.75) is 32.6 Å². The van der Waals surface area contributed by atoms with Crippen LogP contribution in [0, 0.1) is 13.8 Å². The Balaban J connectivity index is 2.42. The standard InChI is InChI=1S/C14H16O/c1-9-4-5-10(2)13(8-9)12-6-7-14(15)11(12)3/h4-5,8,12H,3,6-7H2,1-2H3. The molecule has 1 atom stereocenters. The predicted molar refractivity (Wildman–Crippen MR) is 62.0 cm³/mol. The van der Waals surface area contributed by atoms with E-state index in [0.717, 1.165) is 12.0 Å². The van der Waals surface area contributed by atoms with Crippen molar-refractivity contribution in [2.24, 2.45) is 0 Å². The molecule has 1 aromatic carbocycles. The van der Waals surface area contributed by atoms with Gasteiger partial charge in [0.1, 0.15) is 0 Å². The summed E-state index contributed by atoms with van der Waals surface area (Å²) in [5.41, 5.74) is 4.60. The average Bonchev–Trinajstić information content (AvgIpc) is 2.52. The maximum atomic E-state index is 11.5. The fourth-order valence-electron chi connectivity index (χ4n) is 2.28. The van der Waals surface area contributed by atoms with E-state index in [2.05, 4.69) is 38.6 Å². The lowest BCUT2D eigenvalue weighted by atomic mass is 9.90. The molecular formula is C14H16O. The number of rotatable bonds is 1. The van der Waals surface area contributed by atoms with E-state index in [1.165, 1.54) is 16.7 Å². The van der Waals surface area contributed by atoms with Gasteiger partial charge < -0.3 is 0 Å². The van der Waals surface area contributed by atoms with Gasteiger partial charge in [-0.05, 0) is 37.0 Å². The highest BCUT2D eigenvalue weighted by atomic mass is 16.1. The number of hydrogen-bond donors (Lipinski definition) is 0. The fourth-order valence-corrected chi connectivity index (χ4v) is 2.28. The van der Waals surface area contributed by atoms with E-state index < -0.39 is 0 Å². The van der Waals surface area contributed by atoms with E-state index >= 15 is 0 Å². The molecule has 0 aromatic heterocycles. The molecule has 0 aliphatic heterocycles. The number of ketones is 1. The minimum Gasteiger partial charge on any atom is -0.295 e. The number of aryl methyl sites for hydroxylation is 2. The Labute approximate surface area is 90.8 Å². The van der Waals surface area contributed by atoms with E-state index in [-0.39, 0.29) is 11.7 Å². The summed E-state index contributed by atoms with van der Waals surface area (Å²) in [6, 6.07) is 6.42. The summed E-state index contributed by atoms with van der Waals surface area (Å²) in [4.78, 5) is 11.5. The minimum absolute atomic E-state index is 0.237. The number of hydrogen-bond acceptors (Lipinski definition) is 1. The first-order chi connectivity index (χ1) is 7.09. The van der Waals surface area contributed by atoms with Crippen LogP contribution in [0.25, 0.3) is 0 Å². The largest absolute Gasteiger partial charge is 0.295 e. The third-order valence-electron chi connectivity index (χ3n) is 3.25. The van der Waals surface area contributed by atoms with Crippen LogP contribution < -0.4 is 0 Å². The predicted octanol–water partition coefficient (Wildman–Crippen LogP) is 3.31. The molecule has 0 N–H and O–H groups in total. The summed E-state index contributed by atoms with van der Waals surface area (Å²) in [6.45, 7) is 8.10. The first-order valence-electron chi connectivity index (χ1n) is 5.38. The zero-order valence-corrected chi connectivity index (χ0v) is 9.34. The molecule has 1 nitrogen and oxygen atoms in total. The summed E-state index contributed by atoms with van der Waals surface area (Å²) in [5, 5.41) is 0. The van der Waals surface area contributed by atoms with Gasteiger partial charge in [-0.3, -0.25) is 4.79 Å². The fraction of sp³-hybridized carbons (Fsp3) is 0.357. The van der Waals surface area contributed by atoms with Crippen LogP contribution in [-0.2, 0) is 4.79 Å². The molecule has 1 unspecified atom stereocenters. The van der Waals surface area contributed by atoms with Crippen molar-refractivity contribution >= 4 is 5.78 Å². The molecule has 2 rings (SSSR count). The topological polar surface area (TPSA) is 17.1 Å². The van der Waals surface area contributed by atoms with Gasteiger partial charge in [0.15, 0.2) is 5.78 Å². The van der Waals surface area contributed by atoms with Gasteiger partial charge in [0.2, 0.25) is 0 Å². The highest BCUT2D eigenvalue weighted by Gasteiger charge is 2.28. The second-order valence-corrected chi connectivity index (χ2v) is 4.40. The SMILES string of the molecule is C=C1C(=O)CCC1c1cc(C)ccc1C. The lowest BCUT2D eigenvalue weighted by Gasteiger charge is -2.14. The van der Waals surface area contributed by atoms with Gasteiger partial charge in [-0.25, -0.2) is 0 Å². The van der Waals surface area contributed by atoms with E-state index in [0.29, 0.717) is 6.42 Å². The molecule has 0 radical (unpaired) electrons. The molecule has 78 valence electrons. The monoisotopic (exact) mass is 200 g/mol. The van der Waals surface area contributed by atoms with E-state index in [4.69, 9.17) is 0 Å². The zero-order valence-electron chi connectivity index (χ0n) is 9.34. The van der Waals surface area contributed by atoms with Gasteiger partial charge in [0.25, 0.3) is 0 Å². The molecule has 1 saturated carbocycles. The Kier molecular flexibility index (Phi) is 2.47. The van der Waals surface area contributed by atoms with Gasteiger partial charge >= 0.3 is 0 Å². The van der Waals surface area contributed by atoms with Crippen LogP contribution in [0.2, 0.25) is 0 Å². The Morgan fingerprint density at radius 1 is 1.33 bits per heavy atom. The minimum atomic E-state index is 0.237. The van der Waals surface area contributed by atoms with Crippen molar-refractivity contribution in [3.8, 4) is 0 Å². The Bertz CT molecular complexity index is 429. The lowest BCUT2D eigenvalue weighted by Crippen LogP contribution is -2.01. The molecule has 1 aliphatic carbocycles. The number of Topliss-reactive ketones (excluding diaryl/α,β-unsaturated/α-hetero) is 1. The lowest BCUT2D eigenvalue weighted by molar-refractivity contribution is -0.114. The highest BCUT2D eigenvalue weighted by molar-refractivity contribution is 5.98. The number of carbonyl (C=O) groups is 1. The van der Waals surface area contributed by atoms with Crippen molar-refractivity contribution in [3.63, 3.8) is 0 Å². The third kappa shape index (κ3) is 1.74. The molecular weight excluding hydrogens is 184 g/mol. The first kappa shape index (κ1) is 10.2. The molecule has 1 aliphatic rings. The zero-order chi connectivity index (χ0) is 11.0. The van der Waals surface area contributed by atoms with Crippen molar-refractivity contribution in [1.29, 1.82) is 0 Å². The number of allylic oxidation sites excluding steroid dienone is 1. The van der Waals surface area contributed by atoms with Crippen LogP contribution in [-0.4, -0.2) is 5.78 Å². The van der Waals surface area contributed by atoms with Crippen LogP contribution in [0.1, 0.15) is 35.4 Å². The Hall–Kier alpha value is -1.37. The normalized spacial score (nSPS) is 21.1. The quantitative estimate of drug-likeness (QED) is 0.636. The molecule has 0 heterocycles. The molecule has 15 heavy (non-hydrogen) atoms.